The average molecular weight is 366 g/mol. The molecule has 0 saturated heterocycles. The summed E-state index contributed by atoms with van der Waals surface area (Å²) in [5.41, 5.74) is 0.372. The smallest absolute Gasteiger partial charge is 0.410 e. The lowest BCUT2D eigenvalue weighted by Gasteiger charge is -2.12. The Hall–Kier alpha value is 0.0700. The third-order valence-electron chi connectivity index (χ3n) is 2.00. The van der Waals surface area contributed by atoms with Gasteiger partial charge in [-0.2, -0.15) is 0 Å². The molecular formula is C10H9Cl4O4P. The molecule has 0 atom stereocenters. The molecule has 0 aromatic heterocycles. The Morgan fingerprint density at radius 2 is 1.63 bits per heavy atom. The molecule has 4 nitrogen and oxygen atoms in total. The molecule has 19 heavy (non-hydrogen) atoms. The van der Waals surface area contributed by atoms with Gasteiger partial charge in [-0.3, -0.25) is 9.05 Å². The van der Waals surface area contributed by atoms with Crippen LogP contribution in [0.1, 0.15) is 5.56 Å². The molecule has 0 spiro atoms. The summed E-state index contributed by atoms with van der Waals surface area (Å²) in [6.45, 7) is 0. The zero-order chi connectivity index (χ0) is 14.6. The Kier molecular flexibility index (Phi) is 6.48. The van der Waals surface area contributed by atoms with Crippen molar-refractivity contribution < 1.29 is 18.1 Å². The van der Waals surface area contributed by atoms with Crippen molar-refractivity contribution in [2.24, 2.45) is 0 Å². The fourth-order valence-corrected chi connectivity index (χ4v) is 2.56. The van der Waals surface area contributed by atoms with Crippen LogP contribution in [-0.4, -0.2) is 14.2 Å². The topological polar surface area (TPSA) is 44.8 Å². The van der Waals surface area contributed by atoms with Crippen LogP contribution in [0.4, 0.5) is 0 Å². The summed E-state index contributed by atoms with van der Waals surface area (Å²) >= 11 is 23.6. The van der Waals surface area contributed by atoms with Crippen molar-refractivity contribution in [3.05, 3.63) is 39.0 Å². The van der Waals surface area contributed by atoms with E-state index in [0.717, 1.165) is 6.26 Å². The number of phosphoric acid groups is 1. The van der Waals surface area contributed by atoms with Crippen molar-refractivity contribution in [3.63, 3.8) is 0 Å². The molecule has 0 fully saturated rings. The molecule has 0 amide bonds. The van der Waals surface area contributed by atoms with Gasteiger partial charge in [0.25, 0.3) is 0 Å². The van der Waals surface area contributed by atoms with Gasteiger partial charge in [-0.1, -0.05) is 46.4 Å². The van der Waals surface area contributed by atoms with Crippen molar-refractivity contribution in [1.29, 1.82) is 0 Å². The van der Waals surface area contributed by atoms with Crippen LogP contribution < -0.4 is 0 Å². The van der Waals surface area contributed by atoms with Gasteiger partial charge in [0.15, 0.2) is 0 Å². The zero-order valence-corrected chi connectivity index (χ0v) is 13.7. The first-order valence-corrected chi connectivity index (χ1v) is 7.70. The molecule has 106 valence electrons. The third-order valence-corrected chi connectivity index (χ3v) is 4.59. The van der Waals surface area contributed by atoms with E-state index in [9.17, 15) is 4.57 Å². The second kappa shape index (κ2) is 7.19. The Labute approximate surface area is 130 Å². The maximum atomic E-state index is 11.6. The summed E-state index contributed by atoms with van der Waals surface area (Å²) in [6.07, 6.45) is 1.00. The van der Waals surface area contributed by atoms with Gasteiger partial charge in [0.05, 0.1) is 20.1 Å². The molecular weight excluding hydrogens is 357 g/mol. The van der Waals surface area contributed by atoms with Crippen molar-refractivity contribution in [3.8, 4) is 0 Å². The normalized spacial score (nSPS) is 12.6. The summed E-state index contributed by atoms with van der Waals surface area (Å²) in [5.74, 6) is 0. The molecule has 1 aromatic rings. The van der Waals surface area contributed by atoms with Gasteiger partial charge in [0.2, 0.25) is 0 Å². The first-order valence-electron chi connectivity index (χ1n) is 4.73. The maximum absolute atomic E-state index is 11.6. The molecule has 1 rings (SSSR count). The molecule has 1 aromatic carbocycles. The summed E-state index contributed by atoms with van der Waals surface area (Å²) in [5, 5.41) is 0.899. The van der Waals surface area contributed by atoms with E-state index in [4.69, 9.17) is 50.9 Å². The largest absolute Gasteiger partial charge is 0.528 e. The quantitative estimate of drug-likeness (QED) is 0.387. The van der Waals surface area contributed by atoms with Crippen LogP contribution in [-0.2, 0) is 18.1 Å². The molecule has 0 aliphatic carbocycles. The average Bonchev–Trinajstić information content (AvgIpc) is 2.39. The van der Waals surface area contributed by atoms with E-state index in [1.54, 1.807) is 0 Å². The van der Waals surface area contributed by atoms with Crippen LogP contribution in [0, 0.1) is 0 Å². The van der Waals surface area contributed by atoms with E-state index >= 15 is 0 Å². The number of benzene rings is 1. The van der Waals surface area contributed by atoms with Gasteiger partial charge in [0.1, 0.15) is 6.26 Å². The number of rotatable bonds is 5. The number of hydrogen-bond donors (Lipinski definition) is 0. The van der Waals surface area contributed by atoms with Crippen molar-refractivity contribution in [2.45, 2.75) is 0 Å². The van der Waals surface area contributed by atoms with Crippen molar-refractivity contribution in [1.82, 2.24) is 0 Å². The minimum Gasteiger partial charge on any atom is -0.410 e. The molecule has 0 aliphatic rings. The molecule has 0 unspecified atom stereocenters. The van der Waals surface area contributed by atoms with Gasteiger partial charge in [0, 0.05) is 19.8 Å². The van der Waals surface area contributed by atoms with Crippen LogP contribution in [0.5, 0.6) is 0 Å². The monoisotopic (exact) mass is 364 g/mol. The zero-order valence-electron chi connectivity index (χ0n) is 9.82. The molecule has 0 radical (unpaired) electrons. The highest BCUT2D eigenvalue weighted by molar-refractivity contribution is 7.48. The Balaban J connectivity index is 3.04. The van der Waals surface area contributed by atoms with E-state index in [1.807, 2.05) is 0 Å². The van der Waals surface area contributed by atoms with E-state index in [-0.39, 0.29) is 15.1 Å². The lowest BCUT2D eigenvalue weighted by molar-refractivity contribution is 0.194. The van der Waals surface area contributed by atoms with Crippen LogP contribution in [0.25, 0.3) is 5.03 Å². The number of phosphoric ester groups is 1. The predicted octanol–water partition coefficient (Wildman–Crippen LogP) is 5.60. The standard InChI is InChI=1S/C10H9Cl4O4P/c1-16-19(15,17-2)18-5-10(14)6-3-8(12)9(13)4-7(6)11/h3-5H,1-2H3/b10-5-. The highest BCUT2D eigenvalue weighted by atomic mass is 35.5. The van der Waals surface area contributed by atoms with E-state index in [2.05, 4.69) is 9.05 Å². The summed E-state index contributed by atoms with van der Waals surface area (Å²) < 4.78 is 25.6. The number of halogens is 4. The summed E-state index contributed by atoms with van der Waals surface area (Å²) in [7, 11) is -1.30. The maximum Gasteiger partial charge on any atom is 0.528 e. The molecule has 0 saturated carbocycles. The molecule has 0 heterocycles. The van der Waals surface area contributed by atoms with E-state index in [1.165, 1.54) is 26.4 Å². The molecule has 0 N–H and O–H groups in total. The van der Waals surface area contributed by atoms with E-state index in [0.29, 0.717) is 10.6 Å². The second-order valence-corrected chi connectivity index (χ2v) is 6.59. The first kappa shape index (κ1) is 17.1. The minimum absolute atomic E-state index is 0.0675. The van der Waals surface area contributed by atoms with Gasteiger partial charge in [-0.15, -0.1) is 0 Å². The third kappa shape index (κ3) is 4.54. The van der Waals surface area contributed by atoms with Crippen molar-refractivity contribution >= 4 is 59.3 Å². The molecule has 9 heteroatoms. The lowest BCUT2D eigenvalue weighted by atomic mass is 10.2. The Morgan fingerprint density at radius 1 is 1.11 bits per heavy atom. The van der Waals surface area contributed by atoms with Gasteiger partial charge in [-0.25, -0.2) is 4.57 Å². The van der Waals surface area contributed by atoms with Crippen LogP contribution in [0.3, 0.4) is 0 Å². The van der Waals surface area contributed by atoms with Gasteiger partial charge >= 0.3 is 7.82 Å². The van der Waals surface area contributed by atoms with E-state index < -0.39 is 7.82 Å². The highest BCUT2D eigenvalue weighted by Gasteiger charge is 2.23. The minimum atomic E-state index is -3.65. The second-order valence-electron chi connectivity index (χ2n) is 3.13. The van der Waals surface area contributed by atoms with Crippen LogP contribution in [0.15, 0.2) is 18.4 Å². The first-order chi connectivity index (χ1) is 8.83. The fraction of sp³-hybridized carbons (Fsp3) is 0.200. The van der Waals surface area contributed by atoms with Gasteiger partial charge in [-0.05, 0) is 12.1 Å². The molecule has 0 aliphatic heterocycles. The summed E-state index contributed by atoms with van der Waals surface area (Å²) in [6, 6.07) is 2.89. The summed E-state index contributed by atoms with van der Waals surface area (Å²) in [4.78, 5) is 0. The predicted molar refractivity (Wildman–Crippen MR) is 78.0 cm³/mol. The van der Waals surface area contributed by atoms with Crippen LogP contribution >= 0.6 is 54.2 Å². The SMILES string of the molecule is COP(=O)(OC)O/C=C(\Cl)c1cc(Cl)c(Cl)cc1Cl. The van der Waals surface area contributed by atoms with Gasteiger partial charge < -0.3 is 4.52 Å². The Bertz CT molecular complexity index is 539. The molecule has 0 bridgehead atoms. The number of hydrogen-bond acceptors (Lipinski definition) is 4. The van der Waals surface area contributed by atoms with Crippen molar-refractivity contribution in [2.75, 3.05) is 14.2 Å². The fourth-order valence-electron chi connectivity index (χ4n) is 1.04. The highest BCUT2D eigenvalue weighted by Crippen LogP contribution is 2.48. The lowest BCUT2D eigenvalue weighted by Crippen LogP contribution is -1.90. The van der Waals surface area contributed by atoms with Crippen LogP contribution in [0.2, 0.25) is 15.1 Å². The Morgan fingerprint density at radius 3 is 2.16 bits per heavy atom.